The molecule has 2 saturated heterocycles. The van der Waals surface area contributed by atoms with Gasteiger partial charge in [0.15, 0.2) is 6.10 Å². The van der Waals surface area contributed by atoms with Gasteiger partial charge in [0.1, 0.15) is 12.2 Å². The van der Waals surface area contributed by atoms with Gasteiger partial charge in [-0.3, -0.25) is 0 Å². The molecule has 0 N–H and O–H groups in total. The first kappa shape index (κ1) is 20.2. The summed E-state index contributed by atoms with van der Waals surface area (Å²) in [6.45, 7) is 2.27. The minimum atomic E-state index is -0.238. The van der Waals surface area contributed by atoms with Crippen molar-refractivity contribution in [3.63, 3.8) is 0 Å². The van der Waals surface area contributed by atoms with Crippen LogP contribution in [0.25, 0.3) is 0 Å². The molecule has 2 aliphatic rings. The van der Waals surface area contributed by atoms with Gasteiger partial charge in [-0.25, -0.2) is 4.79 Å². The summed E-state index contributed by atoms with van der Waals surface area (Å²) in [4.78, 5) is 11.2. The van der Waals surface area contributed by atoms with Crippen LogP contribution in [0.1, 0.15) is 90.4 Å². The normalized spacial score (nSPS) is 25.0. The molecule has 2 fully saturated rings. The Labute approximate surface area is 153 Å². The first-order valence-corrected chi connectivity index (χ1v) is 10.5. The largest absolute Gasteiger partial charge is 0.457 e. The second-order valence-electron chi connectivity index (χ2n) is 7.37. The van der Waals surface area contributed by atoms with Gasteiger partial charge < -0.3 is 9.47 Å². The van der Waals surface area contributed by atoms with Crippen molar-refractivity contribution in [1.82, 2.24) is 0 Å². The molecule has 0 radical (unpaired) electrons. The molecule has 0 spiro atoms. The van der Waals surface area contributed by atoms with Gasteiger partial charge in [0.05, 0.1) is 0 Å². The van der Waals surface area contributed by atoms with Crippen LogP contribution in [0.3, 0.4) is 0 Å². The Morgan fingerprint density at radius 1 is 0.840 bits per heavy atom. The van der Waals surface area contributed by atoms with E-state index in [1.807, 2.05) is 0 Å². The Kier molecular flexibility index (Phi) is 9.95. The van der Waals surface area contributed by atoms with Crippen LogP contribution in [0, 0.1) is 0 Å². The molecular formula is C22H36O3. The molecule has 2 heterocycles. The monoisotopic (exact) mass is 348 g/mol. The van der Waals surface area contributed by atoms with Gasteiger partial charge in [-0.15, -0.1) is 0 Å². The van der Waals surface area contributed by atoms with Gasteiger partial charge in [0.2, 0.25) is 0 Å². The maximum Gasteiger partial charge on any atom is 0.338 e. The molecule has 0 aromatic carbocycles. The number of hydrogen-bond donors (Lipinski definition) is 0. The third-order valence-corrected chi connectivity index (χ3v) is 5.09. The first-order valence-electron chi connectivity index (χ1n) is 10.5. The lowest BCUT2D eigenvalue weighted by Gasteiger charge is -2.08. The Balaban J connectivity index is 1.32. The fourth-order valence-electron chi connectivity index (χ4n) is 3.44. The van der Waals surface area contributed by atoms with Crippen LogP contribution in [0.15, 0.2) is 24.3 Å². The summed E-state index contributed by atoms with van der Waals surface area (Å²) >= 11 is 0. The van der Waals surface area contributed by atoms with Crippen LogP contribution >= 0.6 is 0 Å². The van der Waals surface area contributed by atoms with E-state index < -0.39 is 0 Å². The van der Waals surface area contributed by atoms with Crippen molar-refractivity contribution in [3.8, 4) is 0 Å². The predicted molar refractivity (Wildman–Crippen MR) is 103 cm³/mol. The zero-order chi connectivity index (χ0) is 17.7. The van der Waals surface area contributed by atoms with E-state index in [2.05, 4.69) is 31.2 Å². The van der Waals surface area contributed by atoms with Crippen molar-refractivity contribution in [2.75, 3.05) is 0 Å². The van der Waals surface area contributed by atoms with Crippen LogP contribution in [-0.4, -0.2) is 24.3 Å². The Morgan fingerprint density at radius 3 is 2.08 bits per heavy atom. The Hall–Kier alpha value is -1.09. The molecule has 3 heteroatoms. The predicted octanol–water partition coefficient (Wildman–Crippen LogP) is 5.88. The Bertz CT molecular complexity index is 427. The molecule has 0 unspecified atom stereocenters. The smallest absolute Gasteiger partial charge is 0.338 e. The van der Waals surface area contributed by atoms with Crippen molar-refractivity contribution in [1.29, 1.82) is 0 Å². The summed E-state index contributed by atoms with van der Waals surface area (Å²) in [5, 5.41) is 0. The van der Waals surface area contributed by atoms with E-state index in [-0.39, 0.29) is 24.3 Å². The summed E-state index contributed by atoms with van der Waals surface area (Å²) in [5.41, 5.74) is 0. The maximum atomic E-state index is 11.2. The third kappa shape index (κ3) is 8.22. The highest BCUT2D eigenvalue weighted by Gasteiger charge is 2.58. The lowest BCUT2D eigenvalue weighted by Crippen LogP contribution is -2.15. The van der Waals surface area contributed by atoms with Gasteiger partial charge in [-0.1, -0.05) is 82.6 Å². The molecule has 0 bridgehead atoms. The van der Waals surface area contributed by atoms with E-state index in [0.717, 1.165) is 19.3 Å². The van der Waals surface area contributed by atoms with E-state index in [4.69, 9.17) is 9.47 Å². The van der Waals surface area contributed by atoms with Crippen molar-refractivity contribution in [2.24, 2.45) is 0 Å². The average molecular weight is 349 g/mol. The van der Waals surface area contributed by atoms with E-state index >= 15 is 0 Å². The van der Waals surface area contributed by atoms with E-state index in [0.29, 0.717) is 0 Å². The van der Waals surface area contributed by atoms with Gasteiger partial charge in [-0.2, -0.15) is 0 Å². The SMILES string of the molecule is CCCCCCCCCCC/C=C/C/C=C/CC[C@H]1OC(=O)[C@@H]2O[C@H]12. The molecule has 0 aromatic rings. The molecule has 3 nitrogen and oxygen atoms in total. The number of ether oxygens (including phenoxy) is 2. The topological polar surface area (TPSA) is 38.8 Å². The van der Waals surface area contributed by atoms with Gasteiger partial charge in [0.25, 0.3) is 0 Å². The van der Waals surface area contributed by atoms with Crippen molar-refractivity contribution in [3.05, 3.63) is 24.3 Å². The Morgan fingerprint density at radius 2 is 1.48 bits per heavy atom. The molecule has 0 aliphatic carbocycles. The number of cyclic esters (lactones) is 1. The number of fused-ring (bicyclic) bond motifs is 1. The van der Waals surface area contributed by atoms with Crippen molar-refractivity contribution >= 4 is 5.97 Å². The third-order valence-electron chi connectivity index (χ3n) is 5.09. The number of esters is 1. The van der Waals surface area contributed by atoms with Crippen LogP contribution < -0.4 is 0 Å². The number of rotatable bonds is 15. The second-order valence-corrected chi connectivity index (χ2v) is 7.37. The summed E-state index contributed by atoms with van der Waals surface area (Å²) in [5.74, 6) is -0.168. The van der Waals surface area contributed by atoms with Crippen LogP contribution in [0.4, 0.5) is 0 Å². The highest BCUT2D eigenvalue weighted by Crippen LogP contribution is 2.37. The fraction of sp³-hybridized carbons (Fsp3) is 0.773. The van der Waals surface area contributed by atoms with Gasteiger partial charge in [-0.05, 0) is 32.1 Å². The van der Waals surface area contributed by atoms with Gasteiger partial charge >= 0.3 is 5.97 Å². The maximum absolute atomic E-state index is 11.2. The molecule has 2 aliphatic heterocycles. The van der Waals surface area contributed by atoms with E-state index in [1.54, 1.807) is 0 Å². The standard InChI is InChI=1S/C22H36O3/c1-2-3-4-5-6-7-8-9-10-11-12-13-14-15-16-17-18-19-20-21(25-20)22(23)24-19/h12-13,15-16,19-21H,2-11,14,17-18H2,1H3/b13-12+,16-15+/t19-,20-,21-/m1/s1. The first-order chi connectivity index (χ1) is 12.3. The highest BCUT2D eigenvalue weighted by molar-refractivity contribution is 5.81. The van der Waals surface area contributed by atoms with E-state index in [9.17, 15) is 4.79 Å². The number of hydrogen-bond acceptors (Lipinski definition) is 3. The van der Waals surface area contributed by atoms with Gasteiger partial charge in [0, 0.05) is 0 Å². The summed E-state index contributed by atoms with van der Waals surface area (Å²) in [6.07, 6.45) is 25.4. The molecular weight excluding hydrogens is 312 g/mol. The number of unbranched alkanes of at least 4 members (excludes halogenated alkanes) is 9. The average Bonchev–Trinajstić information content (AvgIpc) is 3.35. The summed E-state index contributed by atoms with van der Waals surface area (Å²) < 4.78 is 10.5. The van der Waals surface area contributed by atoms with Crippen molar-refractivity contribution in [2.45, 2.75) is 109 Å². The zero-order valence-corrected chi connectivity index (χ0v) is 16.0. The van der Waals surface area contributed by atoms with Crippen LogP contribution in [-0.2, 0) is 14.3 Å². The molecule has 0 saturated carbocycles. The summed E-state index contributed by atoms with van der Waals surface area (Å²) in [7, 11) is 0. The minimum Gasteiger partial charge on any atom is -0.457 e. The fourth-order valence-corrected chi connectivity index (χ4v) is 3.44. The second kappa shape index (κ2) is 12.3. The van der Waals surface area contributed by atoms with Crippen LogP contribution in [0.2, 0.25) is 0 Å². The molecule has 3 atom stereocenters. The lowest BCUT2D eigenvalue weighted by molar-refractivity contribution is -0.149. The molecule has 25 heavy (non-hydrogen) atoms. The molecule has 0 aromatic heterocycles. The van der Waals surface area contributed by atoms with E-state index in [1.165, 1.54) is 64.2 Å². The number of carbonyl (C=O) groups excluding carboxylic acids is 1. The van der Waals surface area contributed by atoms with Crippen LogP contribution in [0.5, 0.6) is 0 Å². The zero-order valence-electron chi connectivity index (χ0n) is 16.0. The number of carbonyl (C=O) groups is 1. The molecule has 142 valence electrons. The lowest BCUT2D eigenvalue weighted by atomic mass is 10.1. The number of epoxide rings is 1. The number of allylic oxidation sites excluding steroid dienone is 4. The highest BCUT2D eigenvalue weighted by atomic mass is 16.7. The quantitative estimate of drug-likeness (QED) is 0.160. The molecule has 2 rings (SSSR count). The molecule has 0 amide bonds. The minimum absolute atomic E-state index is 0.00987. The summed E-state index contributed by atoms with van der Waals surface area (Å²) in [6, 6.07) is 0. The van der Waals surface area contributed by atoms with Crippen molar-refractivity contribution < 1.29 is 14.3 Å².